The zero-order chi connectivity index (χ0) is 12.9. The lowest BCUT2D eigenvalue weighted by atomic mass is 9.77. The molecule has 2 atom stereocenters. The van der Waals surface area contributed by atoms with Gasteiger partial charge in [0.15, 0.2) is 0 Å². The lowest BCUT2D eigenvalue weighted by Crippen LogP contribution is -2.37. The van der Waals surface area contributed by atoms with Crippen LogP contribution in [0.4, 0.5) is 0 Å². The fourth-order valence-corrected chi connectivity index (χ4v) is 1.93. The quantitative estimate of drug-likeness (QED) is 0.710. The lowest BCUT2D eigenvalue weighted by molar-refractivity contribution is -0.161. The highest BCUT2D eigenvalue weighted by Crippen LogP contribution is 2.29. The summed E-state index contributed by atoms with van der Waals surface area (Å²) in [5.74, 6) is -2.71. The average molecular weight is 230 g/mol. The van der Waals surface area contributed by atoms with E-state index in [1.807, 2.05) is 27.7 Å². The van der Waals surface area contributed by atoms with Crippen LogP contribution in [-0.2, 0) is 14.3 Å². The van der Waals surface area contributed by atoms with Crippen LogP contribution < -0.4 is 0 Å². The van der Waals surface area contributed by atoms with Crippen molar-refractivity contribution < 1.29 is 19.4 Å². The molecule has 0 saturated heterocycles. The molecule has 0 aromatic carbocycles. The Morgan fingerprint density at radius 3 is 1.75 bits per heavy atom. The SMILES string of the molecule is CCOC(=O)[C@H](C(C)C)[C@H](C(=O)O)C(C)C. The van der Waals surface area contributed by atoms with E-state index in [1.165, 1.54) is 0 Å². The second kappa shape index (κ2) is 6.51. The fraction of sp³-hybridized carbons (Fsp3) is 0.833. The van der Waals surface area contributed by atoms with Gasteiger partial charge in [-0.15, -0.1) is 0 Å². The van der Waals surface area contributed by atoms with Gasteiger partial charge in [0, 0.05) is 0 Å². The van der Waals surface area contributed by atoms with E-state index < -0.39 is 23.8 Å². The van der Waals surface area contributed by atoms with Crippen molar-refractivity contribution in [1.82, 2.24) is 0 Å². The van der Waals surface area contributed by atoms with E-state index in [0.29, 0.717) is 0 Å². The minimum atomic E-state index is -0.929. The summed E-state index contributed by atoms with van der Waals surface area (Å²) >= 11 is 0. The van der Waals surface area contributed by atoms with E-state index in [4.69, 9.17) is 4.74 Å². The second-order valence-corrected chi connectivity index (χ2v) is 4.63. The number of rotatable bonds is 6. The molecule has 0 fully saturated rings. The van der Waals surface area contributed by atoms with Crippen molar-refractivity contribution in [2.24, 2.45) is 23.7 Å². The number of ether oxygens (including phenoxy) is 1. The van der Waals surface area contributed by atoms with Gasteiger partial charge in [0.05, 0.1) is 18.4 Å². The lowest BCUT2D eigenvalue weighted by Gasteiger charge is -2.27. The summed E-state index contributed by atoms with van der Waals surface area (Å²) in [6, 6.07) is 0. The number of hydrogen-bond donors (Lipinski definition) is 1. The van der Waals surface area contributed by atoms with Crippen molar-refractivity contribution in [2.75, 3.05) is 6.61 Å². The number of carboxylic acids is 1. The zero-order valence-electron chi connectivity index (χ0n) is 10.7. The summed E-state index contributed by atoms with van der Waals surface area (Å²) in [6.07, 6.45) is 0. The van der Waals surface area contributed by atoms with Gasteiger partial charge in [-0.1, -0.05) is 27.7 Å². The van der Waals surface area contributed by atoms with E-state index in [1.54, 1.807) is 6.92 Å². The fourth-order valence-electron chi connectivity index (χ4n) is 1.93. The van der Waals surface area contributed by atoms with E-state index in [-0.39, 0.29) is 18.4 Å². The molecule has 0 aliphatic rings. The molecule has 16 heavy (non-hydrogen) atoms. The Bertz CT molecular complexity index is 245. The number of carbonyl (C=O) groups excluding carboxylic acids is 1. The third-order valence-electron chi connectivity index (χ3n) is 2.67. The van der Waals surface area contributed by atoms with Gasteiger partial charge < -0.3 is 9.84 Å². The molecule has 0 saturated carbocycles. The molecule has 0 bridgehead atoms. The molecule has 0 spiro atoms. The van der Waals surface area contributed by atoms with E-state index in [0.717, 1.165) is 0 Å². The first-order chi connectivity index (χ1) is 7.32. The van der Waals surface area contributed by atoms with Crippen LogP contribution in [-0.4, -0.2) is 23.7 Å². The maximum Gasteiger partial charge on any atom is 0.310 e. The minimum Gasteiger partial charge on any atom is -0.481 e. The molecule has 4 nitrogen and oxygen atoms in total. The minimum absolute atomic E-state index is 0.0393. The third kappa shape index (κ3) is 3.83. The Kier molecular flexibility index (Phi) is 6.08. The molecular weight excluding hydrogens is 208 g/mol. The van der Waals surface area contributed by atoms with Gasteiger partial charge in [0.25, 0.3) is 0 Å². The highest BCUT2D eigenvalue weighted by molar-refractivity contribution is 5.81. The monoisotopic (exact) mass is 230 g/mol. The first kappa shape index (κ1) is 14.9. The van der Waals surface area contributed by atoms with E-state index >= 15 is 0 Å². The van der Waals surface area contributed by atoms with Crippen molar-refractivity contribution >= 4 is 11.9 Å². The molecule has 0 aromatic rings. The predicted octanol–water partition coefficient (Wildman–Crippen LogP) is 2.18. The molecule has 0 aliphatic heterocycles. The Labute approximate surface area is 97.0 Å². The van der Waals surface area contributed by atoms with Gasteiger partial charge in [0.1, 0.15) is 0 Å². The first-order valence-electron chi connectivity index (χ1n) is 5.72. The first-order valence-corrected chi connectivity index (χ1v) is 5.72. The Morgan fingerprint density at radius 2 is 1.50 bits per heavy atom. The van der Waals surface area contributed by atoms with Gasteiger partial charge in [-0.3, -0.25) is 9.59 Å². The van der Waals surface area contributed by atoms with Gasteiger partial charge in [-0.25, -0.2) is 0 Å². The van der Waals surface area contributed by atoms with Gasteiger partial charge in [-0.2, -0.15) is 0 Å². The molecule has 0 unspecified atom stereocenters. The summed E-state index contributed by atoms with van der Waals surface area (Å²) in [5, 5.41) is 9.17. The Morgan fingerprint density at radius 1 is 1.06 bits per heavy atom. The third-order valence-corrected chi connectivity index (χ3v) is 2.67. The summed E-state index contributed by atoms with van der Waals surface area (Å²) in [6.45, 7) is 9.33. The molecule has 0 heterocycles. The molecule has 0 amide bonds. The zero-order valence-corrected chi connectivity index (χ0v) is 10.7. The molecule has 4 heteroatoms. The van der Waals surface area contributed by atoms with Gasteiger partial charge in [0.2, 0.25) is 0 Å². The van der Waals surface area contributed by atoms with Crippen molar-refractivity contribution in [1.29, 1.82) is 0 Å². The van der Waals surface area contributed by atoms with Crippen LogP contribution in [0.2, 0.25) is 0 Å². The molecule has 0 aliphatic carbocycles. The maximum atomic E-state index is 11.7. The van der Waals surface area contributed by atoms with Crippen LogP contribution >= 0.6 is 0 Å². The normalized spacial score (nSPS) is 14.9. The van der Waals surface area contributed by atoms with Crippen molar-refractivity contribution in [3.05, 3.63) is 0 Å². The van der Waals surface area contributed by atoms with Crippen LogP contribution in [0.3, 0.4) is 0 Å². The van der Waals surface area contributed by atoms with Crippen molar-refractivity contribution in [2.45, 2.75) is 34.6 Å². The summed E-state index contributed by atoms with van der Waals surface area (Å²) in [4.78, 5) is 22.9. The van der Waals surface area contributed by atoms with Crippen LogP contribution in [0.1, 0.15) is 34.6 Å². The van der Waals surface area contributed by atoms with Crippen LogP contribution in [0, 0.1) is 23.7 Å². The maximum absolute atomic E-state index is 11.7. The Balaban J connectivity index is 5.00. The number of aliphatic carboxylic acids is 1. The molecule has 94 valence electrons. The standard InChI is InChI=1S/C12H22O4/c1-6-16-12(15)10(8(4)5)9(7(2)3)11(13)14/h7-10H,6H2,1-5H3,(H,13,14)/t9-,10-/m1/s1. The van der Waals surface area contributed by atoms with Crippen LogP contribution in [0.25, 0.3) is 0 Å². The highest BCUT2D eigenvalue weighted by atomic mass is 16.5. The predicted molar refractivity (Wildman–Crippen MR) is 60.9 cm³/mol. The number of esters is 1. The molecule has 0 radical (unpaired) electrons. The van der Waals surface area contributed by atoms with E-state index in [2.05, 4.69) is 0 Å². The van der Waals surface area contributed by atoms with Crippen molar-refractivity contribution in [3.8, 4) is 0 Å². The number of carbonyl (C=O) groups is 2. The smallest absolute Gasteiger partial charge is 0.310 e. The molecular formula is C12H22O4. The largest absolute Gasteiger partial charge is 0.481 e. The summed E-state index contributed by atoms with van der Waals surface area (Å²) in [5.41, 5.74) is 0. The second-order valence-electron chi connectivity index (χ2n) is 4.63. The number of hydrogen-bond acceptors (Lipinski definition) is 3. The summed E-state index contributed by atoms with van der Waals surface area (Å²) < 4.78 is 4.94. The topological polar surface area (TPSA) is 63.6 Å². The average Bonchev–Trinajstić information content (AvgIpc) is 2.11. The van der Waals surface area contributed by atoms with Gasteiger partial charge >= 0.3 is 11.9 Å². The number of carboxylic acid groups (broad SMARTS) is 1. The van der Waals surface area contributed by atoms with Crippen molar-refractivity contribution in [3.63, 3.8) is 0 Å². The molecule has 0 aromatic heterocycles. The summed E-state index contributed by atoms with van der Waals surface area (Å²) in [7, 11) is 0. The van der Waals surface area contributed by atoms with Gasteiger partial charge in [-0.05, 0) is 18.8 Å². The Hall–Kier alpha value is -1.06. The highest BCUT2D eigenvalue weighted by Gasteiger charge is 2.38. The molecule has 1 N–H and O–H groups in total. The van der Waals surface area contributed by atoms with Crippen LogP contribution in [0.5, 0.6) is 0 Å². The van der Waals surface area contributed by atoms with Crippen LogP contribution in [0.15, 0.2) is 0 Å². The molecule has 0 rings (SSSR count). The van der Waals surface area contributed by atoms with E-state index in [9.17, 15) is 14.7 Å².